The molecule has 2 aliphatic rings. The molecule has 2 heterocycles. The number of nitrogens with zero attached hydrogens (tertiary/aromatic N) is 4. The molecular weight excluding hydrogens is 324 g/mol. The third-order valence-corrected chi connectivity index (χ3v) is 4.95. The molecule has 0 saturated carbocycles. The van der Waals surface area contributed by atoms with Crippen LogP contribution in [0.15, 0.2) is 16.2 Å². The van der Waals surface area contributed by atoms with Crippen molar-refractivity contribution < 1.29 is 22.7 Å². The molecule has 1 atom stereocenters. The van der Waals surface area contributed by atoms with Gasteiger partial charge in [-0.3, -0.25) is 9.10 Å². The van der Waals surface area contributed by atoms with E-state index in [1.807, 2.05) is 0 Å². The van der Waals surface area contributed by atoms with Crippen molar-refractivity contribution in [3.8, 4) is 0 Å². The largest absolute Gasteiger partial charge is 0.444 e. The van der Waals surface area contributed by atoms with E-state index in [0.29, 0.717) is 13.0 Å². The SMILES string of the molecule is CC1=NS(=O)(=O)N(C)C=C1C(=O)N1CCC(OC(=O)N(C)C)C1. The van der Waals surface area contributed by atoms with Crippen molar-refractivity contribution in [1.29, 1.82) is 0 Å². The van der Waals surface area contributed by atoms with Gasteiger partial charge in [-0.1, -0.05) is 0 Å². The first-order valence-electron chi connectivity index (χ1n) is 7.05. The van der Waals surface area contributed by atoms with E-state index in [-0.39, 0.29) is 29.8 Å². The number of rotatable bonds is 2. The quantitative estimate of drug-likeness (QED) is 0.692. The number of carbonyl (C=O) groups excluding carboxylic acids is 2. The number of amides is 2. The lowest BCUT2D eigenvalue weighted by Gasteiger charge is -2.23. The zero-order chi connectivity index (χ0) is 17.4. The van der Waals surface area contributed by atoms with Crippen LogP contribution in [0, 0.1) is 0 Å². The van der Waals surface area contributed by atoms with Crippen LogP contribution in [0.2, 0.25) is 0 Å². The summed E-state index contributed by atoms with van der Waals surface area (Å²) in [5.41, 5.74) is 0.378. The third kappa shape index (κ3) is 3.63. The number of ether oxygens (including phenoxy) is 1. The van der Waals surface area contributed by atoms with Crippen LogP contribution in [-0.2, 0) is 19.7 Å². The maximum atomic E-state index is 12.5. The maximum Gasteiger partial charge on any atom is 0.409 e. The van der Waals surface area contributed by atoms with Gasteiger partial charge in [0, 0.05) is 40.3 Å². The summed E-state index contributed by atoms with van der Waals surface area (Å²) in [6.07, 6.45) is 0.990. The zero-order valence-corrected chi connectivity index (χ0v) is 14.3. The first kappa shape index (κ1) is 17.3. The summed E-state index contributed by atoms with van der Waals surface area (Å²) in [4.78, 5) is 26.9. The maximum absolute atomic E-state index is 12.5. The molecular formula is C13H20N4O5S. The highest BCUT2D eigenvalue weighted by Gasteiger charge is 2.33. The molecule has 0 radical (unpaired) electrons. The Morgan fingerprint density at radius 2 is 2.04 bits per heavy atom. The van der Waals surface area contributed by atoms with Gasteiger partial charge in [-0.05, 0) is 6.92 Å². The summed E-state index contributed by atoms with van der Waals surface area (Å²) in [5, 5.41) is 0. The van der Waals surface area contributed by atoms with E-state index in [1.165, 1.54) is 30.0 Å². The van der Waals surface area contributed by atoms with E-state index in [9.17, 15) is 18.0 Å². The van der Waals surface area contributed by atoms with Gasteiger partial charge >= 0.3 is 16.3 Å². The van der Waals surface area contributed by atoms with Crippen LogP contribution < -0.4 is 0 Å². The van der Waals surface area contributed by atoms with Crippen LogP contribution >= 0.6 is 0 Å². The fourth-order valence-electron chi connectivity index (χ4n) is 2.27. The standard InChI is InChI=1S/C13H20N4O5S/c1-9-11(8-16(4)23(20,21)14-9)12(18)17-6-5-10(7-17)22-13(19)15(2)3/h8,10H,5-7H2,1-4H3. The Kier molecular flexibility index (Phi) is 4.64. The van der Waals surface area contributed by atoms with Crippen LogP contribution in [0.4, 0.5) is 4.79 Å². The van der Waals surface area contributed by atoms with E-state index in [4.69, 9.17) is 4.74 Å². The molecule has 0 aliphatic carbocycles. The second-order valence-corrected chi connectivity index (χ2v) is 7.31. The van der Waals surface area contributed by atoms with Crippen LogP contribution in [0.25, 0.3) is 0 Å². The Labute approximate surface area is 135 Å². The first-order chi connectivity index (χ1) is 10.6. The predicted molar refractivity (Wildman–Crippen MR) is 83.0 cm³/mol. The summed E-state index contributed by atoms with van der Waals surface area (Å²) >= 11 is 0. The van der Waals surface area contributed by atoms with Crippen molar-refractivity contribution >= 4 is 27.9 Å². The molecule has 0 aromatic heterocycles. The van der Waals surface area contributed by atoms with Gasteiger partial charge < -0.3 is 14.5 Å². The van der Waals surface area contributed by atoms with Crippen molar-refractivity contribution in [2.45, 2.75) is 19.4 Å². The highest BCUT2D eigenvalue weighted by Crippen LogP contribution is 2.20. The van der Waals surface area contributed by atoms with Gasteiger partial charge in [0.15, 0.2) is 0 Å². The molecule has 9 nitrogen and oxygen atoms in total. The number of hydrogen-bond donors (Lipinski definition) is 0. The van der Waals surface area contributed by atoms with Crippen molar-refractivity contribution in [1.82, 2.24) is 14.1 Å². The first-order valence-corrected chi connectivity index (χ1v) is 8.45. The van der Waals surface area contributed by atoms with Crippen molar-refractivity contribution in [3.63, 3.8) is 0 Å². The summed E-state index contributed by atoms with van der Waals surface area (Å²) in [6, 6.07) is 0. The average Bonchev–Trinajstić information content (AvgIpc) is 2.90. The molecule has 23 heavy (non-hydrogen) atoms. The average molecular weight is 344 g/mol. The Morgan fingerprint density at radius 3 is 2.65 bits per heavy atom. The van der Waals surface area contributed by atoms with Crippen molar-refractivity contribution in [2.24, 2.45) is 4.40 Å². The summed E-state index contributed by atoms with van der Waals surface area (Å²) in [5.74, 6) is -0.323. The Bertz CT molecular complexity index is 682. The van der Waals surface area contributed by atoms with E-state index >= 15 is 0 Å². The highest BCUT2D eigenvalue weighted by molar-refractivity contribution is 7.88. The van der Waals surface area contributed by atoms with E-state index in [2.05, 4.69) is 4.40 Å². The summed E-state index contributed by atoms with van der Waals surface area (Å²) in [7, 11) is 0.759. The van der Waals surface area contributed by atoms with Crippen molar-refractivity contribution in [3.05, 3.63) is 11.8 Å². The molecule has 1 unspecified atom stereocenters. The van der Waals surface area contributed by atoms with Crippen LogP contribution in [0.1, 0.15) is 13.3 Å². The smallest absolute Gasteiger partial charge is 0.409 e. The van der Waals surface area contributed by atoms with E-state index in [0.717, 1.165) is 4.31 Å². The fourth-order valence-corrected chi connectivity index (χ4v) is 3.08. The molecule has 0 bridgehead atoms. The number of likely N-dealkylation sites (tertiary alicyclic amines) is 1. The number of hydrogen-bond acceptors (Lipinski definition) is 5. The van der Waals surface area contributed by atoms with Gasteiger partial charge in [0.25, 0.3) is 5.91 Å². The molecule has 10 heteroatoms. The summed E-state index contributed by atoms with van der Waals surface area (Å²) in [6.45, 7) is 2.19. The third-order valence-electron chi connectivity index (χ3n) is 3.61. The topological polar surface area (TPSA) is 99.6 Å². The molecule has 2 amide bonds. The Hall–Kier alpha value is -2.10. The molecule has 1 fully saturated rings. The summed E-state index contributed by atoms with van der Waals surface area (Å²) < 4.78 is 33.0. The monoisotopic (exact) mass is 344 g/mol. The second kappa shape index (κ2) is 6.19. The second-order valence-electron chi connectivity index (χ2n) is 5.65. The van der Waals surface area contributed by atoms with E-state index < -0.39 is 16.3 Å². The predicted octanol–water partition coefficient (Wildman–Crippen LogP) is -0.179. The highest BCUT2D eigenvalue weighted by atomic mass is 32.2. The lowest BCUT2D eigenvalue weighted by atomic mass is 10.1. The molecule has 0 aromatic carbocycles. The van der Waals surface area contributed by atoms with Gasteiger partial charge in [0.1, 0.15) is 6.10 Å². The lowest BCUT2D eigenvalue weighted by Crippen LogP contribution is -2.37. The molecule has 0 N–H and O–H groups in total. The fraction of sp³-hybridized carbons (Fsp3) is 0.615. The van der Waals surface area contributed by atoms with E-state index in [1.54, 1.807) is 14.1 Å². The van der Waals surface area contributed by atoms with Gasteiger partial charge in [0.05, 0.1) is 17.8 Å². The molecule has 1 saturated heterocycles. The minimum absolute atomic E-state index is 0.154. The van der Waals surface area contributed by atoms with Crippen LogP contribution in [-0.4, -0.2) is 80.6 Å². The minimum Gasteiger partial charge on any atom is -0.444 e. The molecule has 0 aromatic rings. The van der Waals surface area contributed by atoms with Gasteiger partial charge in [-0.25, -0.2) is 4.79 Å². The lowest BCUT2D eigenvalue weighted by molar-refractivity contribution is -0.126. The normalized spacial score (nSPS) is 23.2. The van der Waals surface area contributed by atoms with Crippen molar-refractivity contribution in [2.75, 3.05) is 34.2 Å². The Morgan fingerprint density at radius 1 is 1.39 bits per heavy atom. The zero-order valence-electron chi connectivity index (χ0n) is 13.5. The molecule has 2 rings (SSSR count). The molecule has 128 valence electrons. The molecule has 0 spiro atoms. The van der Waals surface area contributed by atoms with Gasteiger partial charge in [-0.15, -0.1) is 4.40 Å². The van der Waals surface area contributed by atoms with Gasteiger partial charge in [0.2, 0.25) is 0 Å². The number of carbonyl (C=O) groups is 2. The van der Waals surface area contributed by atoms with Crippen LogP contribution in [0.3, 0.4) is 0 Å². The Balaban J connectivity index is 2.06. The minimum atomic E-state index is -3.74. The molecule has 2 aliphatic heterocycles. The van der Waals surface area contributed by atoms with Crippen LogP contribution in [0.5, 0.6) is 0 Å². The van der Waals surface area contributed by atoms with Gasteiger partial charge in [-0.2, -0.15) is 8.42 Å².